The lowest BCUT2D eigenvalue weighted by Crippen LogP contribution is -1.97. The Kier molecular flexibility index (Phi) is 6.15. The molecule has 0 saturated heterocycles. The second-order valence-corrected chi connectivity index (χ2v) is 5.94. The largest absolute Gasteiger partial charge is 0.494 e. The van der Waals surface area contributed by atoms with E-state index in [0.29, 0.717) is 11.8 Å². The van der Waals surface area contributed by atoms with E-state index in [-0.39, 0.29) is 0 Å². The van der Waals surface area contributed by atoms with Gasteiger partial charge < -0.3 is 9.15 Å². The van der Waals surface area contributed by atoms with Crippen molar-refractivity contribution in [1.82, 2.24) is 15.2 Å². The van der Waals surface area contributed by atoms with Crippen LogP contribution < -0.4 is 4.74 Å². The fourth-order valence-corrected chi connectivity index (χ4v) is 2.54. The molecule has 0 amide bonds. The summed E-state index contributed by atoms with van der Waals surface area (Å²) in [5, 5.41) is 8.21. The number of nitrogens with zero attached hydrogens (tertiary/aromatic N) is 3. The van der Waals surface area contributed by atoms with E-state index < -0.39 is 0 Å². The van der Waals surface area contributed by atoms with Crippen LogP contribution in [0, 0.1) is 0 Å². The number of hydrogen-bond acceptors (Lipinski definition) is 5. The third-order valence-electron chi connectivity index (χ3n) is 3.97. The second kappa shape index (κ2) is 8.97. The Morgan fingerprint density at radius 1 is 0.800 bits per heavy atom. The highest BCUT2D eigenvalue weighted by Gasteiger charge is 2.10. The summed E-state index contributed by atoms with van der Waals surface area (Å²) >= 11 is 0. The summed E-state index contributed by atoms with van der Waals surface area (Å²) in [6.45, 7) is 2.98. The van der Waals surface area contributed by atoms with Crippen LogP contribution in [0.25, 0.3) is 22.9 Å². The van der Waals surface area contributed by atoms with Gasteiger partial charge >= 0.3 is 0 Å². The lowest BCUT2D eigenvalue weighted by atomic mass is 10.2. The topological polar surface area (TPSA) is 61.0 Å². The zero-order valence-electron chi connectivity index (χ0n) is 14.5. The van der Waals surface area contributed by atoms with Gasteiger partial charge in [-0.05, 0) is 42.8 Å². The van der Waals surface area contributed by atoms with Gasteiger partial charge in [-0.1, -0.05) is 32.6 Å². The van der Waals surface area contributed by atoms with Crippen molar-refractivity contribution in [3.8, 4) is 28.7 Å². The zero-order valence-corrected chi connectivity index (χ0v) is 14.5. The van der Waals surface area contributed by atoms with Gasteiger partial charge in [0.05, 0.1) is 6.61 Å². The summed E-state index contributed by atoms with van der Waals surface area (Å²) in [7, 11) is 0. The van der Waals surface area contributed by atoms with E-state index in [0.717, 1.165) is 29.9 Å². The molecule has 0 atom stereocenters. The number of rotatable bonds is 9. The number of hydrogen-bond donors (Lipinski definition) is 0. The first-order chi connectivity index (χ1) is 12.4. The lowest BCUT2D eigenvalue weighted by Gasteiger charge is -2.06. The van der Waals surface area contributed by atoms with Crippen LogP contribution in [0.3, 0.4) is 0 Å². The van der Waals surface area contributed by atoms with Gasteiger partial charge in [0.15, 0.2) is 0 Å². The number of benzene rings is 1. The fourth-order valence-electron chi connectivity index (χ4n) is 2.54. The summed E-state index contributed by atoms with van der Waals surface area (Å²) < 4.78 is 11.5. The minimum absolute atomic E-state index is 0.491. The first-order valence-electron chi connectivity index (χ1n) is 8.84. The maximum atomic E-state index is 5.78. The van der Waals surface area contributed by atoms with E-state index in [1.165, 1.54) is 25.7 Å². The number of aromatic nitrogens is 3. The van der Waals surface area contributed by atoms with Crippen LogP contribution in [0.4, 0.5) is 0 Å². The van der Waals surface area contributed by atoms with Crippen LogP contribution in [0.2, 0.25) is 0 Å². The van der Waals surface area contributed by atoms with Gasteiger partial charge in [0, 0.05) is 23.5 Å². The van der Waals surface area contributed by atoms with Gasteiger partial charge in [-0.2, -0.15) is 0 Å². The van der Waals surface area contributed by atoms with Gasteiger partial charge in [-0.3, -0.25) is 4.98 Å². The molecule has 5 nitrogen and oxygen atoms in total. The molecule has 0 aliphatic heterocycles. The monoisotopic (exact) mass is 337 g/mol. The molecule has 3 rings (SSSR count). The zero-order chi connectivity index (χ0) is 17.3. The molecule has 1 aromatic carbocycles. The highest BCUT2D eigenvalue weighted by atomic mass is 16.5. The van der Waals surface area contributed by atoms with Crippen molar-refractivity contribution in [3.05, 3.63) is 48.8 Å². The first-order valence-corrected chi connectivity index (χ1v) is 8.84. The van der Waals surface area contributed by atoms with E-state index in [1.54, 1.807) is 12.4 Å². The van der Waals surface area contributed by atoms with E-state index in [9.17, 15) is 0 Å². The van der Waals surface area contributed by atoms with Gasteiger partial charge in [0.1, 0.15) is 5.75 Å². The van der Waals surface area contributed by atoms with Gasteiger partial charge in [0.2, 0.25) is 11.8 Å². The average Bonchev–Trinajstić information content (AvgIpc) is 3.16. The summed E-state index contributed by atoms with van der Waals surface area (Å²) in [6, 6.07) is 11.4. The third-order valence-corrected chi connectivity index (χ3v) is 3.97. The quantitative estimate of drug-likeness (QED) is 0.505. The Labute approximate surface area is 148 Å². The van der Waals surface area contributed by atoms with Crippen molar-refractivity contribution in [3.63, 3.8) is 0 Å². The van der Waals surface area contributed by atoms with E-state index in [1.807, 2.05) is 36.4 Å². The highest BCUT2D eigenvalue weighted by molar-refractivity contribution is 5.58. The molecule has 2 heterocycles. The molecule has 0 fully saturated rings. The number of unbranched alkanes of at least 4 members (excludes halogenated alkanes) is 4. The van der Waals surface area contributed by atoms with Gasteiger partial charge in [0.25, 0.3) is 0 Å². The molecule has 0 unspecified atom stereocenters. The predicted molar refractivity (Wildman–Crippen MR) is 97.2 cm³/mol. The molecule has 3 aromatic rings. The Morgan fingerprint density at radius 3 is 2.12 bits per heavy atom. The van der Waals surface area contributed by atoms with Crippen molar-refractivity contribution in [2.75, 3.05) is 6.61 Å². The summed E-state index contributed by atoms with van der Waals surface area (Å²) in [6.07, 6.45) is 9.59. The molecule has 0 spiro atoms. The first kappa shape index (κ1) is 17.1. The smallest absolute Gasteiger partial charge is 0.248 e. The average molecular weight is 337 g/mol. The van der Waals surface area contributed by atoms with Crippen LogP contribution >= 0.6 is 0 Å². The molecule has 5 heteroatoms. The number of pyridine rings is 1. The SMILES string of the molecule is CCCCCCCOc1ccc(-c2nnc(-c3ccncc3)o2)cc1. The van der Waals surface area contributed by atoms with Gasteiger partial charge in [-0.25, -0.2) is 0 Å². The van der Waals surface area contributed by atoms with Crippen LogP contribution in [0.1, 0.15) is 39.0 Å². The van der Waals surface area contributed by atoms with E-state index in [4.69, 9.17) is 9.15 Å². The summed E-state index contributed by atoms with van der Waals surface area (Å²) in [5.41, 5.74) is 1.74. The second-order valence-electron chi connectivity index (χ2n) is 5.94. The maximum Gasteiger partial charge on any atom is 0.248 e. The standard InChI is InChI=1S/C20H23N3O2/c1-2-3-4-5-6-15-24-18-9-7-16(8-10-18)19-22-23-20(25-19)17-11-13-21-14-12-17/h7-14H,2-6,15H2,1H3. The molecular formula is C20H23N3O2. The molecule has 25 heavy (non-hydrogen) atoms. The maximum absolute atomic E-state index is 5.78. The van der Waals surface area contributed by atoms with Crippen LogP contribution in [0.15, 0.2) is 53.2 Å². The summed E-state index contributed by atoms with van der Waals surface area (Å²) in [5.74, 6) is 1.86. The van der Waals surface area contributed by atoms with Crippen molar-refractivity contribution in [1.29, 1.82) is 0 Å². The molecule has 0 aliphatic rings. The van der Waals surface area contributed by atoms with Gasteiger partial charge in [-0.15, -0.1) is 10.2 Å². The van der Waals surface area contributed by atoms with E-state index >= 15 is 0 Å². The van der Waals surface area contributed by atoms with Crippen molar-refractivity contribution >= 4 is 0 Å². The minimum Gasteiger partial charge on any atom is -0.494 e. The molecule has 0 radical (unpaired) electrons. The molecule has 130 valence electrons. The number of ether oxygens (including phenoxy) is 1. The van der Waals surface area contributed by atoms with Crippen LogP contribution in [-0.4, -0.2) is 21.8 Å². The van der Waals surface area contributed by atoms with E-state index in [2.05, 4.69) is 22.1 Å². The molecule has 0 saturated carbocycles. The Bertz CT molecular complexity index is 754. The van der Waals surface area contributed by atoms with Crippen molar-refractivity contribution < 1.29 is 9.15 Å². The minimum atomic E-state index is 0.491. The molecular weight excluding hydrogens is 314 g/mol. The van der Waals surface area contributed by atoms with Crippen LogP contribution in [-0.2, 0) is 0 Å². The Hall–Kier alpha value is -2.69. The highest BCUT2D eigenvalue weighted by Crippen LogP contribution is 2.25. The Balaban J connectivity index is 1.55. The molecule has 2 aromatic heterocycles. The fraction of sp³-hybridized carbons (Fsp3) is 0.350. The predicted octanol–water partition coefficient (Wildman–Crippen LogP) is 5.15. The molecule has 0 bridgehead atoms. The lowest BCUT2D eigenvalue weighted by molar-refractivity contribution is 0.304. The van der Waals surface area contributed by atoms with Crippen molar-refractivity contribution in [2.45, 2.75) is 39.0 Å². The van der Waals surface area contributed by atoms with Crippen molar-refractivity contribution in [2.24, 2.45) is 0 Å². The normalized spacial score (nSPS) is 10.8. The summed E-state index contributed by atoms with van der Waals surface area (Å²) in [4.78, 5) is 3.99. The Morgan fingerprint density at radius 2 is 1.44 bits per heavy atom. The third kappa shape index (κ3) is 4.89. The van der Waals surface area contributed by atoms with Crippen LogP contribution in [0.5, 0.6) is 5.75 Å². The molecule has 0 N–H and O–H groups in total. The molecule has 0 aliphatic carbocycles.